The second-order valence-corrected chi connectivity index (χ2v) is 8.41. The smallest absolute Gasteiger partial charge is 0.255 e. The zero-order valence-corrected chi connectivity index (χ0v) is 19.2. The number of methoxy groups -OCH3 is 1. The Morgan fingerprint density at radius 2 is 1.91 bits per heavy atom. The molecule has 1 aliphatic carbocycles. The summed E-state index contributed by atoms with van der Waals surface area (Å²) < 4.78 is 25.3. The van der Waals surface area contributed by atoms with E-state index in [1.807, 2.05) is 6.07 Å². The predicted molar refractivity (Wildman–Crippen MR) is 127 cm³/mol. The molecule has 1 aromatic heterocycles. The number of carbonyl (C=O) groups excluding carboxylic acids is 1. The Balaban J connectivity index is 1.61. The molecule has 7 heteroatoms. The summed E-state index contributed by atoms with van der Waals surface area (Å²) in [4.78, 5) is 17.6. The van der Waals surface area contributed by atoms with Crippen LogP contribution >= 0.6 is 0 Å². The Hall–Kier alpha value is -3.45. The van der Waals surface area contributed by atoms with Crippen LogP contribution in [0.25, 0.3) is 11.3 Å². The summed E-state index contributed by atoms with van der Waals surface area (Å²) in [6.45, 7) is -0.00756. The van der Waals surface area contributed by atoms with E-state index >= 15 is 0 Å². The first-order chi connectivity index (χ1) is 16.6. The average Bonchev–Trinajstić information content (AvgIpc) is 2.88. The number of ether oxygens (including phenoxy) is 2. The van der Waals surface area contributed by atoms with Crippen molar-refractivity contribution in [1.82, 2.24) is 10.3 Å². The summed E-state index contributed by atoms with van der Waals surface area (Å²) in [6.07, 6.45) is 7.07. The summed E-state index contributed by atoms with van der Waals surface area (Å²) >= 11 is 0. The van der Waals surface area contributed by atoms with Crippen molar-refractivity contribution in [3.63, 3.8) is 0 Å². The van der Waals surface area contributed by atoms with Gasteiger partial charge in [0.05, 0.1) is 31.1 Å². The summed E-state index contributed by atoms with van der Waals surface area (Å²) in [6, 6.07) is 13.5. The van der Waals surface area contributed by atoms with E-state index in [1.165, 1.54) is 25.7 Å². The minimum Gasteiger partial charge on any atom is -0.494 e. The van der Waals surface area contributed by atoms with Crippen LogP contribution in [0.1, 0.15) is 53.6 Å². The third kappa shape index (κ3) is 5.54. The maximum absolute atomic E-state index is 14.0. The third-order valence-corrected chi connectivity index (χ3v) is 6.07. The standard InChI is InChI=1S/C27H29FN2O4/c1-33-25-11-9-18(14-23(25)28)16-30-27(32)22-15-19(26-20(17-31)6-5-13-29-26)10-12-24(22)34-21-7-3-2-4-8-21/h5-6,9-15,21,31H,2-4,7-8,16-17H2,1H3,(H,30,32). The lowest BCUT2D eigenvalue weighted by Crippen LogP contribution is -2.26. The normalized spacial score (nSPS) is 14.0. The Morgan fingerprint density at radius 1 is 1.12 bits per heavy atom. The fraction of sp³-hybridized carbons (Fsp3) is 0.333. The van der Waals surface area contributed by atoms with Crippen LogP contribution in [0.4, 0.5) is 4.39 Å². The van der Waals surface area contributed by atoms with E-state index in [-0.39, 0.29) is 30.9 Å². The lowest BCUT2D eigenvalue weighted by molar-refractivity contribution is 0.0939. The number of rotatable bonds is 8. The Labute approximate surface area is 198 Å². The summed E-state index contributed by atoms with van der Waals surface area (Å²) in [7, 11) is 1.41. The van der Waals surface area contributed by atoms with Gasteiger partial charge in [-0.25, -0.2) is 4.39 Å². The fourth-order valence-corrected chi connectivity index (χ4v) is 4.24. The summed E-state index contributed by atoms with van der Waals surface area (Å²) in [5, 5.41) is 12.6. The third-order valence-electron chi connectivity index (χ3n) is 6.07. The molecular formula is C27H29FN2O4. The maximum atomic E-state index is 14.0. The molecule has 3 aromatic rings. The second-order valence-electron chi connectivity index (χ2n) is 8.41. The van der Waals surface area contributed by atoms with Crippen LogP contribution in [-0.4, -0.2) is 29.2 Å². The molecule has 1 aliphatic rings. The minimum absolute atomic E-state index is 0.0738. The van der Waals surface area contributed by atoms with Gasteiger partial charge in [0.1, 0.15) is 5.75 Å². The van der Waals surface area contributed by atoms with Crippen molar-refractivity contribution in [2.75, 3.05) is 7.11 Å². The van der Waals surface area contributed by atoms with Gasteiger partial charge in [-0.15, -0.1) is 0 Å². The molecular weight excluding hydrogens is 435 g/mol. The van der Waals surface area contributed by atoms with Crippen LogP contribution in [0.15, 0.2) is 54.7 Å². The van der Waals surface area contributed by atoms with Gasteiger partial charge < -0.3 is 19.9 Å². The number of amides is 1. The zero-order chi connectivity index (χ0) is 23.9. The molecule has 0 radical (unpaired) electrons. The number of hydrogen-bond acceptors (Lipinski definition) is 5. The molecule has 2 N–H and O–H groups in total. The lowest BCUT2D eigenvalue weighted by atomic mass is 9.97. The van der Waals surface area contributed by atoms with E-state index in [1.54, 1.807) is 36.5 Å². The highest BCUT2D eigenvalue weighted by atomic mass is 19.1. The number of hydrogen-bond donors (Lipinski definition) is 2. The van der Waals surface area contributed by atoms with Crippen molar-refractivity contribution >= 4 is 5.91 Å². The van der Waals surface area contributed by atoms with Crippen molar-refractivity contribution < 1.29 is 23.8 Å². The monoisotopic (exact) mass is 464 g/mol. The maximum Gasteiger partial charge on any atom is 0.255 e. The number of nitrogens with zero attached hydrogens (tertiary/aromatic N) is 1. The van der Waals surface area contributed by atoms with Gasteiger partial charge in [-0.1, -0.05) is 18.6 Å². The Morgan fingerprint density at radius 3 is 2.65 bits per heavy atom. The van der Waals surface area contributed by atoms with Gasteiger partial charge in [0.25, 0.3) is 5.91 Å². The summed E-state index contributed by atoms with van der Waals surface area (Å²) in [5.41, 5.74) is 2.99. The molecule has 1 saturated carbocycles. The topological polar surface area (TPSA) is 80.7 Å². The molecule has 0 aliphatic heterocycles. The van der Waals surface area contributed by atoms with Crippen LogP contribution in [0.2, 0.25) is 0 Å². The van der Waals surface area contributed by atoms with Gasteiger partial charge in [0.2, 0.25) is 0 Å². The Bertz CT molecular complexity index is 1150. The molecule has 34 heavy (non-hydrogen) atoms. The van der Waals surface area contributed by atoms with Gasteiger partial charge in [-0.2, -0.15) is 0 Å². The van der Waals surface area contributed by atoms with Gasteiger partial charge in [-0.3, -0.25) is 9.78 Å². The number of pyridine rings is 1. The summed E-state index contributed by atoms with van der Waals surface area (Å²) in [5.74, 6) is -0.147. The highest BCUT2D eigenvalue weighted by Crippen LogP contribution is 2.31. The molecule has 4 rings (SSSR count). The zero-order valence-electron chi connectivity index (χ0n) is 19.2. The van der Waals surface area contributed by atoms with Crippen molar-refractivity contribution in [2.24, 2.45) is 0 Å². The molecule has 1 amide bonds. The Kier molecular flexibility index (Phi) is 7.75. The average molecular weight is 465 g/mol. The van der Waals surface area contributed by atoms with Crippen LogP contribution in [0, 0.1) is 5.82 Å². The number of carbonyl (C=O) groups is 1. The number of benzene rings is 2. The quantitative estimate of drug-likeness (QED) is 0.489. The first kappa shape index (κ1) is 23.7. The number of halogens is 1. The molecule has 2 aromatic carbocycles. The van der Waals surface area contributed by atoms with Crippen LogP contribution < -0.4 is 14.8 Å². The molecule has 0 unspecified atom stereocenters. The SMILES string of the molecule is COc1ccc(CNC(=O)c2cc(-c3ncccc3CO)ccc2OC2CCCCC2)cc1F. The van der Waals surface area contributed by atoms with Crippen LogP contribution in [0.3, 0.4) is 0 Å². The first-order valence-corrected chi connectivity index (χ1v) is 11.6. The number of aliphatic hydroxyl groups excluding tert-OH is 1. The van der Waals surface area contributed by atoms with Gasteiger partial charge >= 0.3 is 0 Å². The van der Waals surface area contributed by atoms with E-state index in [2.05, 4.69) is 10.3 Å². The molecule has 178 valence electrons. The number of aromatic nitrogens is 1. The first-order valence-electron chi connectivity index (χ1n) is 11.6. The van der Waals surface area contributed by atoms with Gasteiger partial charge in [0.15, 0.2) is 11.6 Å². The fourth-order valence-electron chi connectivity index (χ4n) is 4.24. The molecule has 0 atom stereocenters. The molecule has 0 saturated heterocycles. The predicted octanol–water partition coefficient (Wildman–Crippen LogP) is 5.03. The van der Waals surface area contributed by atoms with E-state index in [0.29, 0.717) is 33.7 Å². The molecule has 1 fully saturated rings. The van der Waals surface area contributed by atoms with Crippen molar-refractivity contribution in [3.8, 4) is 22.8 Å². The molecule has 1 heterocycles. The van der Waals surface area contributed by atoms with Gasteiger partial charge in [0, 0.05) is 23.9 Å². The van der Waals surface area contributed by atoms with Crippen LogP contribution in [0.5, 0.6) is 11.5 Å². The second kappa shape index (κ2) is 11.1. The number of aliphatic hydroxyl groups is 1. The number of nitrogens with one attached hydrogen (secondary N) is 1. The van der Waals surface area contributed by atoms with E-state index in [0.717, 1.165) is 25.7 Å². The van der Waals surface area contributed by atoms with Crippen molar-refractivity contribution in [2.45, 2.75) is 51.4 Å². The molecule has 0 spiro atoms. The van der Waals surface area contributed by atoms with Crippen molar-refractivity contribution in [3.05, 3.63) is 77.2 Å². The highest BCUT2D eigenvalue weighted by Gasteiger charge is 2.21. The van der Waals surface area contributed by atoms with Crippen LogP contribution in [-0.2, 0) is 13.2 Å². The van der Waals surface area contributed by atoms with Crippen molar-refractivity contribution in [1.29, 1.82) is 0 Å². The van der Waals surface area contributed by atoms with E-state index in [9.17, 15) is 14.3 Å². The molecule has 6 nitrogen and oxygen atoms in total. The van der Waals surface area contributed by atoms with E-state index in [4.69, 9.17) is 9.47 Å². The lowest BCUT2D eigenvalue weighted by Gasteiger charge is -2.24. The van der Waals surface area contributed by atoms with E-state index < -0.39 is 5.82 Å². The minimum atomic E-state index is -0.482. The van der Waals surface area contributed by atoms with Gasteiger partial charge in [-0.05, 0) is 67.6 Å². The molecule has 0 bridgehead atoms. The highest BCUT2D eigenvalue weighted by molar-refractivity contribution is 5.98. The largest absolute Gasteiger partial charge is 0.494 e.